The van der Waals surface area contributed by atoms with Crippen molar-refractivity contribution in [1.29, 1.82) is 0 Å². The number of aryl methyl sites for hydroxylation is 2. The van der Waals surface area contributed by atoms with Crippen molar-refractivity contribution in [2.75, 3.05) is 12.4 Å². The van der Waals surface area contributed by atoms with Crippen LogP contribution in [0.2, 0.25) is 0 Å². The second-order valence-electron chi connectivity index (χ2n) is 5.76. The number of tetrazole rings is 1. The molecular formula is C16H19N6O2PS. The molecule has 2 aromatic carbocycles. The van der Waals surface area contributed by atoms with Gasteiger partial charge in [0.2, 0.25) is 10.0 Å². The molecule has 1 atom stereocenters. The summed E-state index contributed by atoms with van der Waals surface area (Å²) in [5.74, 6) is 0.457. The van der Waals surface area contributed by atoms with Gasteiger partial charge in [0.05, 0.1) is 4.90 Å². The lowest BCUT2D eigenvalue weighted by Gasteiger charge is -2.15. The van der Waals surface area contributed by atoms with Crippen molar-refractivity contribution < 1.29 is 8.42 Å². The molecule has 26 heavy (non-hydrogen) atoms. The maximum absolute atomic E-state index is 12.2. The molecule has 1 heterocycles. The maximum atomic E-state index is 12.2. The van der Waals surface area contributed by atoms with E-state index in [0.29, 0.717) is 17.1 Å². The molecule has 2 N–H and O–H groups in total. The fourth-order valence-corrected chi connectivity index (χ4v) is 3.49. The Hall–Kier alpha value is -2.35. The zero-order valence-corrected chi connectivity index (χ0v) is 16.5. The molecule has 8 nitrogen and oxygen atoms in total. The Bertz CT molecular complexity index is 1060. The van der Waals surface area contributed by atoms with Crippen LogP contribution in [0.5, 0.6) is 0 Å². The van der Waals surface area contributed by atoms with Gasteiger partial charge >= 0.3 is 0 Å². The number of nitrogens with one attached hydrogen (secondary N) is 2. The third-order valence-electron chi connectivity index (χ3n) is 3.91. The van der Waals surface area contributed by atoms with E-state index < -0.39 is 10.0 Å². The van der Waals surface area contributed by atoms with Crippen LogP contribution in [0, 0.1) is 6.92 Å². The lowest BCUT2D eigenvalue weighted by molar-refractivity contribution is 0.588. The molecule has 0 aliphatic heterocycles. The second-order valence-corrected chi connectivity index (χ2v) is 8.27. The highest BCUT2D eigenvalue weighted by molar-refractivity contribution is 7.89. The van der Waals surface area contributed by atoms with E-state index in [1.54, 1.807) is 25.2 Å². The molecule has 0 saturated heterocycles. The molecule has 1 aromatic heterocycles. The zero-order chi connectivity index (χ0) is 18.9. The number of hydrogen-bond donors (Lipinski definition) is 2. The first-order chi connectivity index (χ1) is 12.3. The summed E-state index contributed by atoms with van der Waals surface area (Å²) < 4.78 is 28.2. The first kappa shape index (κ1) is 18.4. The highest BCUT2D eigenvalue weighted by Crippen LogP contribution is 2.31. The summed E-state index contributed by atoms with van der Waals surface area (Å²) in [4.78, 5) is 0.138. The van der Waals surface area contributed by atoms with Crippen LogP contribution in [0.4, 0.5) is 11.4 Å². The molecule has 0 aliphatic rings. The van der Waals surface area contributed by atoms with E-state index in [4.69, 9.17) is 0 Å². The molecule has 0 amide bonds. The topological polar surface area (TPSA) is 102 Å². The zero-order valence-electron chi connectivity index (χ0n) is 14.6. The largest absolute Gasteiger partial charge is 0.354 e. The third-order valence-corrected chi connectivity index (χ3v) is 5.82. The lowest BCUT2D eigenvalue weighted by atomic mass is 10.1. The number of sulfonamides is 1. The highest BCUT2D eigenvalue weighted by Gasteiger charge is 2.18. The van der Waals surface area contributed by atoms with Gasteiger partial charge in [-0.2, -0.15) is 0 Å². The summed E-state index contributed by atoms with van der Waals surface area (Å²) in [5.41, 5.74) is 3.29. The van der Waals surface area contributed by atoms with Crippen LogP contribution in [0.15, 0.2) is 41.3 Å². The highest BCUT2D eigenvalue weighted by atomic mass is 32.2. The average molecular weight is 390 g/mol. The predicted molar refractivity (Wildman–Crippen MR) is 104 cm³/mol. The van der Waals surface area contributed by atoms with E-state index in [9.17, 15) is 8.42 Å². The Morgan fingerprint density at radius 1 is 1.12 bits per heavy atom. The van der Waals surface area contributed by atoms with E-state index in [1.807, 2.05) is 25.1 Å². The van der Waals surface area contributed by atoms with Gasteiger partial charge in [-0.25, -0.2) is 17.8 Å². The van der Waals surface area contributed by atoms with Crippen molar-refractivity contribution in [2.45, 2.75) is 11.8 Å². The minimum atomic E-state index is -3.59. The fourth-order valence-electron chi connectivity index (χ4n) is 2.48. The molecular weight excluding hydrogens is 371 g/mol. The van der Waals surface area contributed by atoms with E-state index in [0.717, 1.165) is 16.6 Å². The van der Waals surface area contributed by atoms with Gasteiger partial charge < -0.3 is 5.32 Å². The van der Waals surface area contributed by atoms with E-state index in [-0.39, 0.29) is 4.90 Å². The Balaban J connectivity index is 2.16. The molecule has 0 radical (unpaired) electrons. The molecule has 0 bridgehead atoms. The molecule has 10 heteroatoms. The van der Waals surface area contributed by atoms with Crippen LogP contribution < -0.4 is 15.3 Å². The van der Waals surface area contributed by atoms with E-state index in [1.165, 1.54) is 11.7 Å². The van der Waals surface area contributed by atoms with Crippen molar-refractivity contribution >= 4 is 35.9 Å². The van der Waals surface area contributed by atoms with Gasteiger partial charge in [-0.1, -0.05) is 12.1 Å². The van der Waals surface area contributed by atoms with Gasteiger partial charge in [-0.05, 0) is 59.5 Å². The fraction of sp³-hybridized carbons (Fsp3) is 0.188. The van der Waals surface area contributed by atoms with Crippen LogP contribution in [0.25, 0.3) is 11.4 Å². The Labute approximate surface area is 154 Å². The van der Waals surface area contributed by atoms with Crippen molar-refractivity contribution in [1.82, 2.24) is 24.9 Å². The molecule has 0 spiro atoms. The van der Waals surface area contributed by atoms with E-state index >= 15 is 0 Å². The molecule has 0 saturated carbocycles. The van der Waals surface area contributed by atoms with Crippen LogP contribution >= 0.6 is 9.24 Å². The Morgan fingerprint density at radius 3 is 2.54 bits per heavy atom. The number of rotatable bonds is 5. The van der Waals surface area contributed by atoms with Gasteiger partial charge in [-0.3, -0.25) is 0 Å². The van der Waals surface area contributed by atoms with Crippen LogP contribution in [-0.2, 0) is 17.1 Å². The third kappa shape index (κ3) is 3.60. The van der Waals surface area contributed by atoms with Crippen molar-refractivity contribution in [3.63, 3.8) is 0 Å². The summed E-state index contributed by atoms with van der Waals surface area (Å²) in [6.45, 7) is 2.01. The number of nitrogens with zero attached hydrogens (tertiary/aromatic N) is 4. The number of aromatic nitrogens is 4. The summed E-state index contributed by atoms with van der Waals surface area (Å²) in [6, 6.07) is 10.8. The number of anilines is 2. The predicted octanol–water partition coefficient (Wildman–Crippen LogP) is 1.34. The van der Waals surface area contributed by atoms with Crippen molar-refractivity contribution in [3.05, 3.63) is 42.0 Å². The maximum Gasteiger partial charge on any atom is 0.240 e. The quantitative estimate of drug-likeness (QED) is 0.638. The molecule has 3 aromatic rings. The minimum absolute atomic E-state index is 0.138. The van der Waals surface area contributed by atoms with Gasteiger partial charge in [0, 0.05) is 24.0 Å². The molecule has 0 aliphatic carbocycles. The van der Waals surface area contributed by atoms with Gasteiger partial charge in [0.1, 0.15) is 0 Å². The summed E-state index contributed by atoms with van der Waals surface area (Å²) in [5, 5.41) is 15.9. The normalized spacial score (nSPS) is 11.5. The van der Waals surface area contributed by atoms with Gasteiger partial charge in [-0.15, -0.1) is 14.3 Å². The standard InChI is InChI=1S/C16H19N6O2PS/c1-10-4-7-15(25)14(8-10)18-13-6-5-11(26(23,24)17-2)9-12(13)16-19-20-21-22(16)3/h4-9,17-18H,25H2,1-3H3. The Morgan fingerprint density at radius 2 is 1.88 bits per heavy atom. The van der Waals surface area contributed by atoms with Crippen molar-refractivity contribution in [2.24, 2.45) is 7.05 Å². The lowest BCUT2D eigenvalue weighted by Crippen LogP contribution is -2.18. The molecule has 0 fully saturated rings. The monoisotopic (exact) mass is 390 g/mol. The first-order valence-electron chi connectivity index (χ1n) is 7.75. The van der Waals surface area contributed by atoms with Crippen molar-refractivity contribution in [3.8, 4) is 11.4 Å². The minimum Gasteiger partial charge on any atom is -0.354 e. The van der Waals surface area contributed by atoms with E-state index in [2.05, 4.69) is 34.8 Å². The summed E-state index contributed by atoms with van der Waals surface area (Å²) in [7, 11) is 2.16. The number of benzene rings is 2. The van der Waals surface area contributed by atoms with Crippen LogP contribution in [0.1, 0.15) is 5.56 Å². The van der Waals surface area contributed by atoms with Gasteiger partial charge in [0.15, 0.2) is 5.82 Å². The first-order valence-corrected chi connectivity index (χ1v) is 9.81. The molecule has 136 valence electrons. The average Bonchev–Trinajstić information content (AvgIpc) is 3.04. The smallest absolute Gasteiger partial charge is 0.240 e. The molecule has 1 unspecified atom stereocenters. The summed E-state index contributed by atoms with van der Waals surface area (Å²) in [6.07, 6.45) is 0. The second kappa shape index (κ2) is 7.11. The number of hydrogen-bond acceptors (Lipinski definition) is 6. The summed E-state index contributed by atoms with van der Waals surface area (Å²) >= 11 is 0. The van der Waals surface area contributed by atoms with Gasteiger partial charge in [0.25, 0.3) is 0 Å². The SMILES string of the molecule is CNS(=O)(=O)c1ccc(Nc2cc(C)ccc2P)c(-c2nnnn2C)c1. The van der Waals surface area contributed by atoms with Crippen LogP contribution in [-0.4, -0.2) is 35.7 Å². The Kier molecular flexibility index (Phi) is 5.04. The van der Waals surface area contributed by atoms with Crippen LogP contribution in [0.3, 0.4) is 0 Å². The molecule has 3 rings (SSSR count).